The second kappa shape index (κ2) is 7.18. The van der Waals surface area contributed by atoms with Gasteiger partial charge in [-0.3, -0.25) is 4.79 Å². The summed E-state index contributed by atoms with van der Waals surface area (Å²) in [6.07, 6.45) is 1.31. The highest BCUT2D eigenvalue weighted by molar-refractivity contribution is 5.94. The van der Waals surface area contributed by atoms with E-state index in [1.54, 1.807) is 30.2 Å². The number of aromatic nitrogens is 3. The van der Waals surface area contributed by atoms with Gasteiger partial charge in [-0.1, -0.05) is 5.16 Å². The predicted molar refractivity (Wildman–Crippen MR) is 88.2 cm³/mol. The summed E-state index contributed by atoms with van der Waals surface area (Å²) >= 11 is 0. The summed E-state index contributed by atoms with van der Waals surface area (Å²) in [7, 11) is 0. The first-order chi connectivity index (χ1) is 12.0. The van der Waals surface area contributed by atoms with Gasteiger partial charge in [0.05, 0.1) is 18.8 Å². The van der Waals surface area contributed by atoms with Gasteiger partial charge in [-0.2, -0.15) is 4.98 Å². The molecule has 8 nitrogen and oxygen atoms in total. The van der Waals surface area contributed by atoms with E-state index in [0.717, 1.165) is 0 Å². The summed E-state index contributed by atoms with van der Waals surface area (Å²) < 4.78 is 16.6. The number of aryl methyl sites for hydroxylation is 1. The van der Waals surface area contributed by atoms with Gasteiger partial charge >= 0.3 is 0 Å². The Bertz CT molecular complexity index is 746. The Hall–Kier alpha value is -2.48. The van der Waals surface area contributed by atoms with Crippen LogP contribution in [0.2, 0.25) is 0 Å². The lowest BCUT2D eigenvalue weighted by Gasteiger charge is -2.37. The lowest BCUT2D eigenvalue weighted by Crippen LogP contribution is -2.47. The first kappa shape index (κ1) is 17.3. The van der Waals surface area contributed by atoms with Crippen molar-refractivity contribution < 1.29 is 18.8 Å². The van der Waals surface area contributed by atoms with E-state index in [1.165, 1.54) is 0 Å². The molecule has 1 fully saturated rings. The van der Waals surface area contributed by atoms with Crippen molar-refractivity contribution in [1.82, 2.24) is 20.0 Å². The summed E-state index contributed by atoms with van der Waals surface area (Å²) in [5.41, 5.74) is 0.501. The van der Waals surface area contributed by atoms with Crippen molar-refractivity contribution in [1.29, 1.82) is 0 Å². The number of nitrogens with zero attached hydrogens (tertiary/aromatic N) is 4. The molecule has 0 unspecified atom stereocenters. The van der Waals surface area contributed by atoms with E-state index >= 15 is 0 Å². The van der Waals surface area contributed by atoms with Crippen molar-refractivity contribution in [2.24, 2.45) is 0 Å². The average molecular weight is 346 g/mol. The van der Waals surface area contributed by atoms with Crippen molar-refractivity contribution in [3.05, 3.63) is 35.6 Å². The van der Waals surface area contributed by atoms with Crippen LogP contribution in [0.4, 0.5) is 0 Å². The van der Waals surface area contributed by atoms with Crippen molar-refractivity contribution in [3.63, 3.8) is 0 Å². The lowest BCUT2D eigenvalue weighted by molar-refractivity contribution is -0.0600. The van der Waals surface area contributed by atoms with Crippen LogP contribution >= 0.6 is 0 Å². The van der Waals surface area contributed by atoms with Crippen molar-refractivity contribution >= 4 is 5.91 Å². The highest BCUT2D eigenvalue weighted by Gasteiger charge is 2.38. The van der Waals surface area contributed by atoms with E-state index in [1.807, 2.05) is 20.8 Å². The van der Waals surface area contributed by atoms with Crippen LogP contribution in [-0.2, 0) is 4.74 Å². The number of hydrogen-bond acceptors (Lipinski definition) is 7. The number of amides is 1. The molecule has 25 heavy (non-hydrogen) atoms. The van der Waals surface area contributed by atoms with Crippen molar-refractivity contribution in [2.45, 2.75) is 45.9 Å². The number of pyridine rings is 1. The SMILES string of the molecule is Cc1noc([C@@H]2[C@@H](C)OCCN2C(=O)c2ccnc(OC(C)C)c2)n1. The second-order valence-corrected chi connectivity index (χ2v) is 6.25. The number of carbonyl (C=O) groups excluding carboxylic acids is 1. The molecule has 0 spiro atoms. The lowest BCUT2D eigenvalue weighted by atomic mass is 10.1. The molecule has 1 saturated heterocycles. The Balaban J connectivity index is 1.88. The van der Waals surface area contributed by atoms with Gasteiger partial charge in [-0.05, 0) is 33.8 Å². The summed E-state index contributed by atoms with van der Waals surface area (Å²) in [6, 6.07) is 2.90. The molecule has 1 amide bonds. The fraction of sp³-hybridized carbons (Fsp3) is 0.529. The summed E-state index contributed by atoms with van der Waals surface area (Å²) in [5.74, 6) is 1.18. The van der Waals surface area contributed by atoms with Crippen LogP contribution in [0.15, 0.2) is 22.9 Å². The van der Waals surface area contributed by atoms with Gasteiger partial charge in [-0.25, -0.2) is 4.98 Å². The highest BCUT2D eigenvalue weighted by atomic mass is 16.5. The summed E-state index contributed by atoms with van der Waals surface area (Å²) in [5, 5.41) is 3.83. The van der Waals surface area contributed by atoms with Crippen molar-refractivity contribution in [2.75, 3.05) is 13.2 Å². The number of hydrogen-bond donors (Lipinski definition) is 0. The molecule has 2 atom stereocenters. The molecule has 134 valence electrons. The first-order valence-corrected chi connectivity index (χ1v) is 8.31. The molecular weight excluding hydrogens is 324 g/mol. The van der Waals surface area contributed by atoms with Gasteiger partial charge in [0, 0.05) is 24.4 Å². The van der Waals surface area contributed by atoms with Gasteiger partial charge in [0.1, 0.15) is 6.04 Å². The first-order valence-electron chi connectivity index (χ1n) is 8.31. The number of ether oxygens (including phenoxy) is 2. The van der Waals surface area contributed by atoms with Crippen LogP contribution in [-0.4, -0.2) is 51.3 Å². The maximum absolute atomic E-state index is 13.1. The van der Waals surface area contributed by atoms with Crippen LogP contribution in [0.1, 0.15) is 48.9 Å². The van der Waals surface area contributed by atoms with Crippen LogP contribution in [0.3, 0.4) is 0 Å². The minimum Gasteiger partial charge on any atom is -0.475 e. The van der Waals surface area contributed by atoms with Crippen LogP contribution < -0.4 is 4.74 Å². The maximum Gasteiger partial charge on any atom is 0.254 e. The van der Waals surface area contributed by atoms with Gasteiger partial charge < -0.3 is 18.9 Å². The molecule has 0 N–H and O–H groups in total. The van der Waals surface area contributed by atoms with Gasteiger partial charge in [0.15, 0.2) is 5.82 Å². The zero-order valence-electron chi connectivity index (χ0n) is 14.8. The van der Waals surface area contributed by atoms with Crippen LogP contribution in [0, 0.1) is 6.92 Å². The largest absolute Gasteiger partial charge is 0.475 e. The van der Waals surface area contributed by atoms with Gasteiger partial charge in [-0.15, -0.1) is 0 Å². The molecule has 0 aliphatic carbocycles. The zero-order valence-corrected chi connectivity index (χ0v) is 14.8. The number of rotatable bonds is 4. The summed E-state index contributed by atoms with van der Waals surface area (Å²) in [4.78, 5) is 23.2. The monoisotopic (exact) mass is 346 g/mol. The predicted octanol–water partition coefficient (Wildman–Crippen LogP) is 2.16. The molecule has 0 saturated carbocycles. The standard InChI is InChI=1S/C17H22N4O4/c1-10(2)24-14-9-13(5-6-18-14)17(22)21-7-8-23-11(3)15(21)16-19-12(4)20-25-16/h5-6,9-11,15H,7-8H2,1-4H3/t11-,15+/m1/s1. The van der Waals surface area contributed by atoms with E-state index in [9.17, 15) is 4.79 Å². The molecule has 2 aromatic heterocycles. The second-order valence-electron chi connectivity index (χ2n) is 6.25. The molecule has 1 aliphatic rings. The van der Waals surface area contributed by atoms with E-state index in [4.69, 9.17) is 14.0 Å². The quantitative estimate of drug-likeness (QED) is 0.838. The Kier molecular flexibility index (Phi) is 4.98. The normalized spacial score (nSPS) is 20.8. The Morgan fingerprint density at radius 1 is 1.44 bits per heavy atom. The Labute approximate surface area is 146 Å². The minimum absolute atomic E-state index is 0.0182. The molecular formula is C17H22N4O4. The minimum atomic E-state index is -0.426. The van der Waals surface area contributed by atoms with E-state index in [2.05, 4.69) is 15.1 Å². The molecule has 8 heteroatoms. The molecule has 1 aliphatic heterocycles. The fourth-order valence-electron chi connectivity index (χ4n) is 2.83. The molecule has 0 radical (unpaired) electrons. The maximum atomic E-state index is 13.1. The molecule has 3 rings (SSSR count). The highest BCUT2D eigenvalue weighted by Crippen LogP contribution is 2.30. The van der Waals surface area contributed by atoms with Crippen molar-refractivity contribution in [3.8, 4) is 5.88 Å². The van der Waals surface area contributed by atoms with Crippen LogP contribution in [0.25, 0.3) is 0 Å². The van der Waals surface area contributed by atoms with Gasteiger partial charge in [0.25, 0.3) is 11.8 Å². The molecule has 2 aromatic rings. The topological polar surface area (TPSA) is 90.6 Å². The molecule has 0 aromatic carbocycles. The average Bonchev–Trinajstić information content (AvgIpc) is 2.99. The third kappa shape index (κ3) is 3.79. The molecule has 0 bridgehead atoms. The van der Waals surface area contributed by atoms with E-state index in [-0.39, 0.29) is 18.1 Å². The Morgan fingerprint density at radius 3 is 2.92 bits per heavy atom. The Morgan fingerprint density at radius 2 is 2.24 bits per heavy atom. The zero-order chi connectivity index (χ0) is 18.0. The number of morpholine rings is 1. The third-order valence-electron chi connectivity index (χ3n) is 3.89. The van der Waals surface area contributed by atoms with Gasteiger partial charge in [0.2, 0.25) is 5.88 Å². The summed E-state index contributed by atoms with van der Waals surface area (Å²) in [6.45, 7) is 8.35. The van der Waals surface area contributed by atoms with Crippen LogP contribution in [0.5, 0.6) is 5.88 Å². The fourth-order valence-corrected chi connectivity index (χ4v) is 2.83. The van der Waals surface area contributed by atoms with E-state index in [0.29, 0.717) is 36.3 Å². The smallest absolute Gasteiger partial charge is 0.254 e. The number of carbonyl (C=O) groups is 1. The van der Waals surface area contributed by atoms with E-state index < -0.39 is 6.04 Å². The third-order valence-corrected chi connectivity index (χ3v) is 3.89. The molecule has 3 heterocycles.